The standard InChI is InChI=1S/C22H24N2O3/c25-21(26)18-7-5-15(6-8-18)16-9-11-19(12-10-16)23-22(27)24-14-13-17-3-1-2-4-20(17)24/h1-4,9-12,15,18H,5-8,13-14H2,(H,23,27)(H,25,26)/t15-,18+. The maximum absolute atomic E-state index is 12.6. The fraction of sp³-hybridized carbons (Fsp3) is 0.364. The number of urea groups is 1. The number of fused-ring (bicyclic) bond motifs is 1. The van der Waals surface area contributed by atoms with E-state index in [0.717, 1.165) is 43.5 Å². The number of amides is 2. The molecule has 2 aromatic rings. The third-order valence-corrected chi connectivity index (χ3v) is 5.84. The Morgan fingerprint density at radius 3 is 2.37 bits per heavy atom. The summed E-state index contributed by atoms with van der Waals surface area (Å²) in [4.78, 5) is 25.5. The van der Waals surface area contributed by atoms with Gasteiger partial charge in [-0.15, -0.1) is 0 Å². The average Bonchev–Trinajstić information content (AvgIpc) is 3.13. The van der Waals surface area contributed by atoms with Crippen LogP contribution in [-0.2, 0) is 11.2 Å². The van der Waals surface area contributed by atoms with Crippen molar-refractivity contribution in [3.8, 4) is 0 Å². The Morgan fingerprint density at radius 1 is 0.963 bits per heavy atom. The Labute approximate surface area is 159 Å². The number of hydrogen-bond donors (Lipinski definition) is 2. The molecule has 2 aromatic carbocycles. The van der Waals surface area contributed by atoms with Gasteiger partial charge in [0.2, 0.25) is 0 Å². The van der Waals surface area contributed by atoms with E-state index >= 15 is 0 Å². The molecule has 4 rings (SSSR count). The van der Waals surface area contributed by atoms with Gasteiger partial charge in [-0.3, -0.25) is 9.69 Å². The number of carboxylic acids is 1. The van der Waals surface area contributed by atoms with Gasteiger partial charge in [0.15, 0.2) is 0 Å². The molecule has 0 radical (unpaired) electrons. The predicted molar refractivity (Wildman–Crippen MR) is 105 cm³/mol. The molecule has 2 aliphatic rings. The van der Waals surface area contributed by atoms with E-state index in [9.17, 15) is 9.59 Å². The van der Waals surface area contributed by atoms with Crippen molar-refractivity contribution in [3.63, 3.8) is 0 Å². The van der Waals surface area contributed by atoms with E-state index in [4.69, 9.17) is 5.11 Å². The van der Waals surface area contributed by atoms with Gasteiger partial charge < -0.3 is 10.4 Å². The number of carbonyl (C=O) groups excluding carboxylic acids is 1. The van der Waals surface area contributed by atoms with Gasteiger partial charge in [0.25, 0.3) is 0 Å². The first kappa shape index (κ1) is 17.6. The molecule has 5 nitrogen and oxygen atoms in total. The zero-order valence-corrected chi connectivity index (χ0v) is 15.2. The molecule has 140 valence electrons. The average molecular weight is 364 g/mol. The molecular formula is C22H24N2O3. The van der Waals surface area contributed by atoms with E-state index in [1.54, 1.807) is 4.90 Å². The van der Waals surface area contributed by atoms with Crippen LogP contribution in [-0.4, -0.2) is 23.7 Å². The minimum Gasteiger partial charge on any atom is -0.481 e. The third-order valence-electron chi connectivity index (χ3n) is 5.84. The molecule has 1 saturated carbocycles. The Balaban J connectivity index is 1.37. The van der Waals surface area contributed by atoms with E-state index < -0.39 is 5.97 Å². The summed E-state index contributed by atoms with van der Waals surface area (Å²) in [5.74, 6) is -0.450. The molecule has 0 atom stereocenters. The van der Waals surface area contributed by atoms with Crippen LogP contribution in [0.4, 0.5) is 16.2 Å². The van der Waals surface area contributed by atoms with Crippen LogP contribution in [0, 0.1) is 5.92 Å². The SMILES string of the molecule is O=C(Nc1ccc([C@H]2CC[C@@H](C(=O)O)CC2)cc1)N1CCc2ccccc21. The van der Waals surface area contributed by atoms with E-state index in [1.165, 1.54) is 11.1 Å². The summed E-state index contributed by atoms with van der Waals surface area (Å²) < 4.78 is 0. The highest BCUT2D eigenvalue weighted by Crippen LogP contribution is 2.36. The molecule has 1 aliphatic carbocycles. The van der Waals surface area contributed by atoms with Crippen LogP contribution in [0.25, 0.3) is 0 Å². The maximum Gasteiger partial charge on any atom is 0.326 e. The molecule has 1 aliphatic heterocycles. The highest BCUT2D eigenvalue weighted by molar-refractivity contribution is 6.03. The zero-order chi connectivity index (χ0) is 18.8. The number of benzene rings is 2. The van der Waals surface area contributed by atoms with Crippen molar-refractivity contribution in [2.24, 2.45) is 5.92 Å². The van der Waals surface area contributed by atoms with Crippen LogP contribution < -0.4 is 10.2 Å². The highest BCUT2D eigenvalue weighted by atomic mass is 16.4. The number of para-hydroxylation sites is 1. The van der Waals surface area contributed by atoms with Gasteiger partial charge in [-0.25, -0.2) is 4.79 Å². The van der Waals surface area contributed by atoms with Crippen LogP contribution >= 0.6 is 0 Å². The first-order valence-electron chi connectivity index (χ1n) is 9.61. The quantitative estimate of drug-likeness (QED) is 0.833. The molecular weight excluding hydrogens is 340 g/mol. The van der Waals surface area contributed by atoms with Crippen LogP contribution in [0.3, 0.4) is 0 Å². The van der Waals surface area contributed by atoms with Gasteiger partial charge in [0.05, 0.1) is 5.92 Å². The van der Waals surface area contributed by atoms with Crippen LogP contribution in [0.2, 0.25) is 0 Å². The number of nitrogens with zero attached hydrogens (tertiary/aromatic N) is 1. The summed E-state index contributed by atoms with van der Waals surface area (Å²) in [6, 6.07) is 15.9. The van der Waals surface area contributed by atoms with Gasteiger partial charge in [-0.1, -0.05) is 30.3 Å². The second-order valence-electron chi connectivity index (χ2n) is 7.47. The lowest BCUT2D eigenvalue weighted by atomic mass is 9.79. The lowest BCUT2D eigenvalue weighted by molar-refractivity contribution is -0.142. The first-order valence-corrected chi connectivity index (χ1v) is 9.61. The molecule has 0 saturated heterocycles. The summed E-state index contributed by atoms with van der Waals surface area (Å²) >= 11 is 0. The lowest BCUT2D eigenvalue weighted by Crippen LogP contribution is -2.33. The van der Waals surface area contributed by atoms with Crippen molar-refractivity contribution in [1.82, 2.24) is 0 Å². The van der Waals surface area contributed by atoms with Gasteiger partial charge in [0.1, 0.15) is 0 Å². The summed E-state index contributed by atoms with van der Waals surface area (Å²) in [5, 5.41) is 12.1. The number of hydrogen-bond acceptors (Lipinski definition) is 2. The fourth-order valence-corrected chi connectivity index (χ4v) is 4.25. The molecule has 1 heterocycles. The molecule has 0 spiro atoms. The molecule has 27 heavy (non-hydrogen) atoms. The molecule has 0 aromatic heterocycles. The monoisotopic (exact) mass is 364 g/mol. The highest BCUT2D eigenvalue weighted by Gasteiger charge is 2.27. The number of nitrogens with one attached hydrogen (secondary N) is 1. The van der Waals surface area contributed by atoms with E-state index in [0.29, 0.717) is 12.5 Å². The minimum atomic E-state index is -0.671. The van der Waals surface area contributed by atoms with Gasteiger partial charge in [-0.05, 0) is 67.3 Å². The molecule has 2 amide bonds. The fourth-order valence-electron chi connectivity index (χ4n) is 4.25. The molecule has 0 unspecified atom stereocenters. The smallest absolute Gasteiger partial charge is 0.326 e. The van der Waals surface area contributed by atoms with Crippen molar-refractivity contribution in [3.05, 3.63) is 59.7 Å². The summed E-state index contributed by atoms with van der Waals surface area (Å²) in [7, 11) is 0. The lowest BCUT2D eigenvalue weighted by Gasteiger charge is -2.26. The van der Waals surface area contributed by atoms with Crippen LogP contribution in [0.1, 0.15) is 42.7 Å². The Kier molecular flexibility index (Phi) is 4.84. The topological polar surface area (TPSA) is 69.6 Å². The first-order chi connectivity index (χ1) is 13.1. The van der Waals surface area contributed by atoms with Crippen molar-refractivity contribution >= 4 is 23.4 Å². The van der Waals surface area contributed by atoms with Crippen LogP contribution in [0.5, 0.6) is 0 Å². The van der Waals surface area contributed by atoms with E-state index in [-0.39, 0.29) is 11.9 Å². The largest absolute Gasteiger partial charge is 0.481 e. The number of anilines is 2. The minimum absolute atomic E-state index is 0.102. The van der Waals surface area contributed by atoms with Crippen LogP contribution in [0.15, 0.2) is 48.5 Å². The summed E-state index contributed by atoms with van der Waals surface area (Å²) in [6.07, 6.45) is 4.20. The molecule has 0 bridgehead atoms. The number of carbonyl (C=O) groups is 2. The number of aliphatic carboxylic acids is 1. The van der Waals surface area contributed by atoms with E-state index in [2.05, 4.69) is 23.5 Å². The molecule has 1 fully saturated rings. The second-order valence-corrected chi connectivity index (χ2v) is 7.47. The third kappa shape index (κ3) is 3.68. The van der Waals surface area contributed by atoms with Crippen molar-refractivity contribution in [1.29, 1.82) is 0 Å². The molecule has 2 N–H and O–H groups in total. The van der Waals surface area contributed by atoms with Gasteiger partial charge in [0, 0.05) is 17.9 Å². The Bertz CT molecular complexity index is 839. The van der Waals surface area contributed by atoms with Crippen molar-refractivity contribution in [2.45, 2.75) is 38.0 Å². The Hall–Kier alpha value is -2.82. The summed E-state index contributed by atoms with van der Waals surface area (Å²) in [5.41, 5.74) is 4.21. The predicted octanol–water partition coefficient (Wildman–Crippen LogP) is 4.64. The second kappa shape index (κ2) is 7.43. The maximum atomic E-state index is 12.6. The Morgan fingerprint density at radius 2 is 1.67 bits per heavy atom. The van der Waals surface area contributed by atoms with Crippen molar-refractivity contribution in [2.75, 3.05) is 16.8 Å². The number of rotatable bonds is 3. The zero-order valence-electron chi connectivity index (χ0n) is 15.2. The molecule has 5 heteroatoms. The van der Waals surface area contributed by atoms with E-state index in [1.807, 2.05) is 30.3 Å². The normalized spacial score (nSPS) is 21.6. The summed E-state index contributed by atoms with van der Waals surface area (Å²) in [6.45, 7) is 0.704. The van der Waals surface area contributed by atoms with Gasteiger partial charge in [-0.2, -0.15) is 0 Å². The van der Waals surface area contributed by atoms with Gasteiger partial charge >= 0.3 is 12.0 Å². The number of carboxylic acid groups (broad SMARTS) is 1. The van der Waals surface area contributed by atoms with Crippen molar-refractivity contribution < 1.29 is 14.7 Å².